The highest BCUT2D eigenvalue weighted by atomic mass is 16.5. The first-order valence-electron chi connectivity index (χ1n) is 12.3. The second-order valence-corrected chi connectivity index (χ2v) is 8.21. The molecule has 0 bridgehead atoms. The Labute approximate surface area is 195 Å². The number of nitrogens with two attached hydrogens (primary N) is 1. The molecule has 2 aromatic carbocycles. The summed E-state index contributed by atoms with van der Waals surface area (Å²) >= 11 is 0. The fourth-order valence-corrected chi connectivity index (χ4v) is 3.35. The summed E-state index contributed by atoms with van der Waals surface area (Å²) in [5.74, 6) is 1.23. The molecule has 4 heteroatoms. The first kappa shape index (κ1) is 27.5. The van der Waals surface area contributed by atoms with Crippen LogP contribution >= 0.6 is 0 Å². The van der Waals surface area contributed by atoms with Crippen LogP contribution in [-0.2, 0) is 4.79 Å². The number of para-hydroxylation sites is 1. The minimum atomic E-state index is -0.286. The zero-order chi connectivity index (χ0) is 23.3. The van der Waals surface area contributed by atoms with Gasteiger partial charge in [0.15, 0.2) is 0 Å². The predicted octanol–water partition coefficient (Wildman–Crippen LogP) is 7.96. The third-order valence-electron chi connectivity index (χ3n) is 5.15. The van der Waals surface area contributed by atoms with Gasteiger partial charge in [0.05, 0.1) is 6.61 Å². The summed E-state index contributed by atoms with van der Waals surface area (Å²) in [7, 11) is 0. The number of benzene rings is 2. The van der Waals surface area contributed by atoms with Gasteiger partial charge in [0.2, 0.25) is 0 Å². The number of ether oxygens (including phenoxy) is 2. The zero-order valence-corrected chi connectivity index (χ0v) is 20.2. The first-order chi connectivity index (χ1) is 15.6. The van der Waals surface area contributed by atoms with Gasteiger partial charge in [0.25, 0.3) is 0 Å². The number of anilines is 1. The van der Waals surface area contributed by atoms with E-state index in [2.05, 4.69) is 6.92 Å². The number of carbonyl (C=O) groups excluding carboxylic acids is 1. The summed E-state index contributed by atoms with van der Waals surface area (Å²) in [6.07, 6.45) is 16.5. The van der Waals surface area contributed by atoms with Gasteiger partial charge in [-0.3, -0.25) is 4.79 Å². The summed E-state index contributed by atoms with van der Waals surface area (Å²) in [5.41, 5.74) is 6.44. The Bertz CT molecular complexity index is 686. The maximum atomic E-state index is 10.4. The van der Waals surface area contributed by atoms with Gasteiger partial charge in [0, 0.05) is 12.6 Å². The van der Waals surface area contributed by atoms with E-state index in [1.165, 1.54) is 77.6 Å². The third-order valence-corrected chi connectivity index (χ3v) is 5.15. The number of nitrogen functional groups attached to an aromatic ring is 1. The lowest BCUT2D eigenvalue weighted by molar-refractivity contribution is -0.131. The number of hydrogen-bond acceptors (Lipinski definition) is 4. The van der Waals surface area contributed by atoms with Crippen LogP contribution in [0.25, 0.3) is 0 Å². The highest BCUT2D eigenvalue weighted by molar-refractivity contribution is 5.69. The van der Waals surface area contributed by atoms with Crippen molar-refractivity contribution in [3.8, 4) is 11.5 Å². The summed E-state index contributed by atoms with van der Waals surface area (Å²) in [4.78, 5) is 10.4. The van der Waals surface area contributed by atoms with Gasteiger partial charge in [-0.05, 0) is 42.8 Å². The Morgan fingerprint density at radius 1 is 0.688 bits per heavy atom. The van der Waals surface area contributed by atoms with Gasteiger partial charge in [-0.25, -0.2) is 0 Å². The lowest BCUT2D eigenvalue weighted by Gasteiger charge is -2.06. The summed E-state index contributed by atoms with van der Waals surface area (Å²) < 4.78 is 10.5. The van der Waals surface area contributed by atoms with E-state index in [9.17, 15) is 4.79 Å². The number of esters is 1. The van der Waals surface area contributed by atoms with E-state index in [0.29, 0.717) is 5.75 Å². The van der Waals surface area contributed by atoms with Crippen LogP contribution < -0.4 is 15.2 Å². The van der Waals surface area contributed by atoms with Crippen molar-refractivity contribution >= 4 is 11.7 Å². The van der Waals surface area contributed by atoms with Gasteiger partial charge >= 0.3 is 5.97 Å². The molecule has 0 aliphatic heterocycles. The van der Waals surface area contributed by atoms with Crippen LogP contribution in [0.1, 0.15) is 90.9 Å². The van der Waals surface area contributed by atoms with Crippen LogP contribution in [0, 0.1) is 0 Å². The van der Waals surface area contributed by atoms with Gasteiger partial charge in [-0.1, -0.05) is 95.8 Å². The Morgan fingerprint density at radius 2 is 1.19 bits per heavy atom. The largest absolute Gasteiger partial charge is 0.494 e. The van der Waals surface area contributed by atoms with Crippen LogP contribution in [0.5, 0.6) is 11.5 Å². The minimum absolute atomic E-state index is 0.286. The van der Waals surface area contributed by atoms with E-state index in [1.54, 1.807) is 12.1 Å². The Balaban J connectivity index is 0.000000425. The molecule has 0 spiro atoms. The Hall–Kier alpha value is -2.49. The molecule has 178 valence electrons. The summed E-state index contributed by atoms with van der Waals surface area (Å²) in [6, 6.07) is 16.6. The molecule has 0 aromatic heterocycles. The normalized spacial score (nSPS) is 10.2. The Morgan fingerprint density at radius 3 is 1.69 bits per heavy atom. The van der Waals surface area contributed by atoms with Crippen molar-refractivity contribution in [2.45, 2.75) is 90.9 Å². The van der Waals surface area contributed by atoms with Crippen molar-refractivity contribution < 1.29 is 14.3 Å². The molecule has 2 N–H and O–H groups in total. The fourth-order valence-electron chi connectivity index (χ4n) is 3.35. The van der Waals surface area contributed by atoms with E-state index in [4.69, 9.17) is 15.2 Å². The van der Waals surface area contributed by atoms with Crippen molar-refractivity contribution in [3.05, 3.63) is 54.6 Å². The predicted molar refractivity (Wildman–Crippen MR) is 135 cm³/mol. The average molecular weight is 442 g/mol. The van der Waals surface area contributed by atoms with Gasteiger partial charge in [-0.15, -0.1) is 0 Å². The highest BCUT2D eigenvalue weighted by Gasteiger charge is 1.96. The number of rotatable bonds is 15. The monoisotopic (exact) mass is 441 g/mol. The van der Waals surface area contributed by atoms with Crippen LogP contribution in [0.15, 0.2) is 54.6 Å². The lowest BCUT2D eigenvalue weighted by Crippen LogP contribution is -2.00. The van der Waals surface area contributed by atoms with E-state index in [-0.39, 0.29) is 5.97 Å². The molecule has 0 heterocycles. The van der Waals surface area contributed by atoms with Crippen molar-refractivity contribution in [3.63, 3.8) is 0 Å². The molecular formula is C28H43NO3. The molecule has 0 saturated heterocycles. The molecule has 2 aromatic rings. The second-order valence-electron chi connectivity index (χ2n) is 8.21. The minimum Gasteiger partial charge on any atom is -0.494 e. The quantitative estimate of drug-likeness (QED) is 0.132. The molecule has 0 fully saturated rings. The first-order valence-corrected chi connectivity index (χ1v) is 12.3. The fraction of sp³-hybridized carbons (Fsp3) is 0.536. The molecule has 0 radical (unpaired) electrons. The molecule has 0 aliphatic carbocycles. The van der Waals surface area contributed by atoms with Crippen molar-refractivity contribution in [1.82, 2.24) is 0 Å². The Kier molecular flexibility index (Phi) is 16.5. The van der Waals surface area contributed by atoms with Gasteiger partial charge in [-0.2, -0.15) is 0 Å². The van der Waals surface area contributed by atoms with Crippen LogP contribution in [0.4, 0.5) is 5.69 Å². The van der Waals surface area contributed by atoms with E-state index in [1.807, 2.05) is 42.5 Å². The average Bonchev–Trinajstić information content (AvgIpc) is 2.79. The molecule has 0 amide bonds. The standard InChI is InChI=1S/C20H35NO.C8H8O2/c1-2-3-4-5-6-7-8-9-10-11-12-13-18-22-20-16-14-19(21)15-17-20;1-7(9)10-8-5-3-2-4-6-8/h14-17H,2-13,18,21H2,1H3;2-6H,1H3. The van der Waals surface area contributed by atoms with Crippen LogP contribution in [0.3, 0.4) is 0 Å². The molecule has 0 aliphatic rings. The van der Waals surface area contributed by atoms with E-state index < -0.39 is 0 Å². The summed E-state index contributed by atoms with van der Waals surface area (Å²) in [6.45, 7) is 4.48. The number of carbonyl (C=O) groups is 1. The van der Waals surface area contributed by atoms with E-state index in [0.717, 1.165) is 24.5 Å². The summed E-state index contributed by atoms with van der Waals surface area (Å²) in [5, 5.41) is 0. The maximum absolute atomic E-state index is 10.4. The molecular weight excluding hydrogens is 398 g/mol. The molecule has 4 nitrogen and oxygen atoms in total. The SMILES string of the molecule is CC(=O)Oc1ccccc1.CCCCCCCCCCCCCCOc1ccc(N)cc1. The zero-order valence-electron chi connectivity index (χ0n) is 20.2. The van der Waals surface area contributed by atoms with Crippen molar-refractivity contribution in [2.75, 3.05) is 12.3 Å². The molecule has 0 unspecified atom stereocenters. The van der Waals surface area contributed by atoms with Crippen molar-refractivity contribution in [2.24, 2.45) is 0 Å². The maximum Gasteiger partial charge on any atom is 0.308 e. The molecule has 32 heavy (non-hydrogen) atoms. The number of unbranched alkanes of at least 4 members (excludes halogenated alkanes) is 11. The molecule has 0 atom stereocenters. The third kappa shape index (κ3) is 16.2. The van der Waals surface area contributed by atoms with Gasteiger partial charge in [0.1, 0.15) is 11.5 Å². The molecule has 2 rings (SSSR count). The molecule has 0 saturated carbocycles. The van der Waals surface area contributed by atoms with Gasteiger partial charge < -0.3 is 15.2 Å². The van der Waals surface area contributed by atoms with E-state index >= 15 is 0 Å². The van der Waals surface area contributed by atoms with Crippen LogP contribution in [-0.4, -0.2) is 12.6 Å². The van der Waals surface area contributed by atoms with Crippen LogP contribution in [0.2, 0.25) is 0 Å². The topological polar surface area (TPSA) is 61.5 Å². The van der Waals surface area contributed by atoms with Crippen molar-refractivity contribution in [1.29, 1.82) is 0 Å². The lowest BCUT2D eigenvalue weighted by atomic mass is 10.1. The second kappa shape index (κ2) is 19.2. The number of hydrogen-bond donors (Lipinski definition) is 1. The highest BCUT2D eigenvalue weighted by Crippen LogP contribution is 2.15. The smallest absolute Gasteiger partial charge is 0.308 e.